The second kappa shape index (κ2) is 5.28. The lowest BCUT2D eigenvalue weighted by molar-refractivity contribution is 0.289. The van der Waals surface area contributed by atoms with Crippen molar-refractivity contribution < 1.29 is 4.74 Å². The van der Waals surface area contributed by atoms with Gasteiger partial charge in [-0.25, -0.2) is 0 Å². The molecule has 13 heavy (non-hydrogen) atoms. The van der Waals surface area contributed by atoms with E-state index in [1.807, 2.05) is 24.3 Å². The van der Waals surface area contributed by atoms with Crippen LogP contribution in [0.3, 0.4) is 0 Å². The Morgan fingerprint density at radius 3 is 2.77 bits per heavy atom. The van der Waals surface area contributed by atoms with Gasteiger partial charge in [0.05, 0.1) is 6.61 Å². The van der Waals surface area contributed by atoms with Crippen LogP contribution >= 0.6 is 15.9 Å². The topological polar surface area (TPSA) is 9.23 Å². The quantitative estimate of drug-likeness (QED) is 0.779. The first-order valence-corrected chi connectivity index (χ1v) is 5.36. The third-order valence-electron chi connectivity index (χ3n) is 1.76. The molecule has 0 unspecified atom stereocenters. The molecule has 0 spiro atoms. The molecule has 0 saturated carbocycles. The van der Waals surface area contributed by atoms with Gasteiger partial charge < -0.3 is 4.74 Å². The molecule has 0 amide bonds. The van der Waals surface area contributed by atoms with Crippen molar-refractivity contribution in [2.45, 2.75) is 20.3 Å². The van der Waals surface area contributed by atoms with E-state index >= 15 is 0 Å². The lowest BCUT2D eigenvalue weighted by Crippen LogP contribution is -2.00. The fourth-order valence-corrected chi connectivity index (χ4v) is 1.35. The summed E-state index contributed by atoms with van der Waals surface area (Å²) < 4.78 is 6.63. The van der Waals surface area contributed by atoms with Crippen molar-refractivity contribution in [3.05, 3.63) is 28.7 Å². The predicted octanol–water partition coefficient (Wildman–Crippen LogP) is 3.87. The van der Waals surface area contributed by atoms with E-state index in [-0.39, 0.29) is 0 Å². The maximum atomic E-state index is 5.57. The van der Waals surface area contributed by atoms with E-state index in [0.717, 1.165) is 23.2 Å². The third-order valence-corrected chi connectivity index (χ3v) is 2.25. The molecule has 0 radical (unpaired) electrons. The molecule has 0 aliphatic rings. The van der Waals surface area contributed by atoms with E-state index in [4.69, 9.17) is 4.74 Å². The van der Waals surface area contributed by atoms with Crippen LogP contribution in [0.4, 0.5) is 0 Å². The van der Waals surface area contributed by atoms with E-state index in [1.54, 1.807) is 0 Å². The summed E-state index contributed by atoms with van der Waals surface area (Å²) >= 11 is 3.40. The zero-order valence-corrected chi connectivity index (χ0v) is 9.67. The van der Waals surface area contributed by atoms with Crippen LogP contribution in [0, 0.1) is 5.92 Å². The largest absolute Gasteiger partial charge is 0.494 e. The van der Waals surface area contributed by atoms with Crippen molar-refractivity contribution in [1.82, 2.24) is 0 Å². The van der Waals surface area contributed by atoms with E-state index in [1.165, 1.54) is 0 Å². The average Bonchev–Trinajstić information content (AvgIpc) is 2.03. The molecule has 1 aromatic carbocycles. The van der Waals surface area contributed by atoms with Crippen molar-refractivity contribution in [3.63, 3.8) is 0 Å². The summed E-state index contributed by atoms with van der Waals surface area (Å²) in [5.41, 5.74) is 0. The van der Waals surface area contributed by atoms with Crippen LogP contribution in [-0.4, -0.2) is 6.61 Å². The highest BCUT2D eigenvalue weighted by Crippen LogP contribution is 2.18. The number of benzene rings is 1. The number of ether oxygens (including phenoxy) is 1. The SMILES string of the molecule is CC(C)CCOc1cccc(Br)c1. The summed E-state index contributed by atoms with van der Waals surface area (Å²) in [7, 11) is 0. The van der Waals surface area contributed by atoms with Gasteiger partial charge in [0.2, 0.25) is 0 Å². The van der Waals surface area contributed by atoms with Crippen LogP contribution in [0.25, 0.3) is 0 Å². The minimum absolute atomic E-state index is 0.701. The molecule has 0 bridgehead atoms. The van der Waals surface area contributed by atoms with Gasteiger partial charge in [0.25, 0.3) is 0 Å². The van der Waals surface area contributed by atoms with Gasteiger partial charge in [0.1, 0.15) is 5.75 Å². The number of hydrogen-bond donors (Lipinski definition) is 0. The Hall–Kier alpha value is -0.500. The monoisotopic (exact) mass is 242 g/mol. The Bertz CT molecular complexity index is 258. The molecule has 0 saturated heterocycles. The lowest BCUT2D eigenvalue weighted by atomic mass is 10.1. The van der Waals surface area contributed by atoms with Gasteiger partial charge >= 0.3 is 0 Å². The highest BCUT2D eigenvalue weighted by atomic mass is 79.9. The molecule has 0 N–H and O–H groups in total. The number of halogens is 1. The summed E-state index contributed by atoms with van der Waals surface area (Å²) in [5, 5.41) is 0. The van der Waals surface area contributed by atoms with Crippen LogP contribution in [0.5, 0.6) is 5.75 Å². The van der Waals surface area contributed by atoms with Crippen molar-refractivity contribution in [2.24, 2.45) is 5.92 Å². The number of rotatable bonds is 4. The summed E-state index contributed by atoms with van der Waals surface area (Å²) in [5.74, 6) is 1.64. The van der Waals surface area contributed by atoms with Crippen molar-refractivity contribution in [3.8, 4) is 5.75 Å². The molecule has 1 nitrogen and oxygen atoms in total. The van der Waals surface area contributed by atoms with Crippen LogP contribution in [0.1, 0.15) is 20.3 Å². The summed E-state index contributed by atoms with van der Waals surface area (Å²) in [6, 6.07) is 7.94. The first kappa shape index (κ1) is 10.6. The summed E-state index contributed by atoms with van der Waals surface area (Å²) in [6.07, 6.45) is 1.10. The van der Waals surface area contributed by atoms with Gasteiger partial charge in [-0.05, 0) is 30.5 Å². The minimum atomic E-state index is 0.701. The molecule has 1 rings (SSSR count). The maximum absolute atomic E-state index is 5.57. The molecule has 0 atom stereocenters. The Morgan fingerprint density at radius 1 is 1.38 bits per heavy atom. The number of hydrogen-bond acceptors (Lipinski definition) is 1. The fraction of sp³-hybridized carbons (Fsp3) is 0.455. The first-order chi connectivity index (χ1) is 6.18. The van der Waals surface area contributed by atoms with Crippen LogP contribution in [0.2, 0.25) is 0 Å². The second-order valence-electron chi connectivity index (χ2n) is 3.49. The normalized spacial score (nSPS) is 10.5. The highest BCUT2D eigenvalue weighted by Gasteiger charge is 1.96. The Labute approximate surface area is 88.2 Å². The predicted molar refractivity (Wildman–Crippen MR) is 59.1 cm³/mol. The van der Waals surface area contributed by atoms with Gasteiger partial charge in [-0.15, -0.1) is 0 Å². The van der Waals surface area contributed by atoms with Gasteiger partial charge in [-0.1, -0.05) is 35.8 Å². The Balaban J connectivity index is 2.37. The van der Waals surface area contributed by atoms with E-state index in [2.05, 4.69) is 29.8 Å². The molecule has 0 aliphatic carbocycles. The maximum Gasteiger partial charge on any atom is 0.120 e. The van der Waals surface area contributed by atoms with Crippen molar-refractivity contribution in [1.29, 1.82) is 0 Å². The van der Waals surface area contributed by atoms with E-state index in [9.17, 15) is 0 Å². The van der Waals surface area contributed by atoms with Crippen molar-refractivity contribution >= 4 is 15.9 Å². The van der Waals surface area contributed by atoms with Crippen LogP contribution < -0.4 is 4.74 Å². The Morgan fingerprint density at radius 2 is 2.15 bits per heavy atom. The molecule has 72 valence electrons. The molecule has 0 fully saturated rings. The molecular weight excluding hydrogens is 228 g/mol. The minimum Gasteiger partial charge on any atom is -0.494 e. The van der Waals surface area contributed by atoms with E-state index in [0.29, 0.717) is 5.92 Å². The summed E-state index contributed by atoms with van der Waals surface area (Å²) in [4.78, 5) is 0. The molecular formula is C11H15BrO. The fourth-order valence-electron chi connectivity index (χ4n) is 0.969. The van der Waals surface area contributed by atoms with Gasteiger partial charge in [0, 0.05) is 4.47 Å². The molecule has 2 heteroatoms. The second-order valence-corrected chi connectivity index (χ2v) is 4.40. The molecule has 0 aromatic heterocycles. The van der Waals surface area contributed by atoms with Gasteiger partial charge in [-0.3, -0.25) is 0 Å². The van der Waals surface area contributed by atoms with Crippen LogP contribution in [-0.2, 0) is 0 Å². The first-order valence-electron chi connectivity index (χ1n) is 4.57. The van der Waals surface area contributed by atoms with Crippen LogP contribution in [0.15, 0.2) is 28.7 Å². The van der Waals surface area contributed by atoms with Gasteiger partial charge in [-0.2, -0.15) is 0 Å². The molecule has 1 aromatic rings. The molecule has 0 aliphatic heterocycles. The zero-order chi connectivity index (χ0) is 9.68. The zero-order valence-electron chi connectivity index (χ0n) is 8.09. The average molecular weight is 243 g/mol. The molecule has 0 heterocycles. The van der Waals surface area contributed by atoms with Crippen molar-refractivity contribution in [2.75, 3.05) is 6.61 Å². The van der Waals surface area contributed by atoms with E-state index < -0.39 is 0 Å². The summed E-state index contributed by atoms with van der Waals surface area (Å²) in [6.45, 7) is 5.20. The lowest BCUT2D eigenvalue weighted by Gasteiger charge is -2.07. The highest BCUT2D eigenvalue weighted by molar-refractivity contribution is 9.10. The smallest absolute Gasteiger partial charge is 0.120 e. The Kier molecular flexibility index (Phi) is 4.29. The third kappa shape index (κ3) is 4.32. The van der Waals surface area contributed by atoms with Gasteiger partial charge in [0.15, 0.2) is 0 Å². The standard InChI is InChI=1S/C11H15BrO/c1-9(2)6-7-13-11-5-3-4-10(12)8-11/h3-5,8-9H,6-7H2,1-2H3.